The predicted molar refractivity (Wildman–Crippen MR) is 82.0 cm³/mol. The predicted octanol–water partition coefficient (Wildman–Crippen LogP) is 5.32. The molecular weight excluding hydrogens is 286 g/mol. The van der Waals surface area contributed by atoms with E-state index in [1.54, 1.807) is 0 Å². The van der Waals surface area contributed by atoms with Gasteiger partial charge in [-0.1, -0.05) is 53.2 Å². The van der Waals surface area contributed by atoms with Gasteiger partial charge in [-0.25, -0.2) is 0 Å². The summed E-state index contributed by atoms with van der Waals surface area (Å²) in [7, 11) is 0. The summed E-state index contributed by atoms with van der Waals surface area (Å²) in [6.45, 7) is 4.31. The highest BCUT2D eigenvalue weighted by molar-refractivity contribution is 9.10. The van der Waals surface area contributed by atoms with Gasteiger partial charge in [0.2, 0.25) is 0 Å². The summed E-state index contributed by atoms with van der Waals surface area (Å²) in [6.07, 6.45) is 1.07. The molecule has 0 aliphatic rings. The molecule has 2 aromatic rings. The molecule has 1 N–H and O–H groups in total. The number of halogens is 1. The van der Waals surface area contributed by atoms with E-state index in [1.807, 2.05) is 0 Å². The summed E-state index contributed by atoms with van der Waals surface area (Å²) >= 11 is 3.53. The van der Waals surface area contributed by atoms with Crippen LogP contribution in [0.5, 0.6) is 0 Å². The van der Waals surface area contributed by atoms with E-state index in [0.29, 0.717) is 6.04 Å². The summed E-state index contributed by atoms with van der Waals surface area (Å²) in [6, 6.07) is 17.3. The van der Waals surface area contributed by atoms with Gasteiger partial charge in [0, 0.05) is 10.2 Å². The van der Waals surface area contributed by atoms with Crippen molar-refractivity contribution in [2.75, 3.05) is 5.32 Å². The van der Waals surface area contributed by atoms with Gasteiger partial charge in [-0.15, -0.1) is 0 Å². The topological polar surface area (TPSA) is 12.0 Å². The van der Waals surface area contributed by atoms with Crippen molar-refractivity contribution in [1.29, 1.82) is 0 Å². The Morgan fingerprint density at radius 3 is 2.44 bits per heavy atom. The van der Waals surface area contributed by atoms with E-state index in [1.165, 1.54) is 16.8 Å². The molecule has 0 radical (unpaired) electrons. The first-order valence-corrected chi connectivity index (χ1v) is 7.07. The normalized spacial score (nSPS) is 12.2. The molecular formula is C16H18BrN. The van der Waals surface area contributed by atoms with Crippen molar-refractivity contribution in [3.63, 3.8) is 0 Å². The largest absolute Gasteiger partial charge is 0.378 e. The maximum atomic E-state index is 3.59. The van der Waals surface area contributed by atoms with E-state index in [2.05, 4.69) is 83.6 Å². The third kappa shape index (κ3) is 3.14. The quantitative estimate of drug-likeness (QED) is 0.806. The zero-order valence-corrected chi connectivity index (χ0v) is 12.4. The summed E-state index contributed by atoms with van der Waals surface area (Å²) < 4.78 is 1.15. The van der Waals surface area contributed by atoms with Gasteiger partial charge in [-0.3, -0.25) is 0 Å². The highest BCUT2D eigenvalue weighted by atomic mass is 79.9. The molecule has 0 aliphatic carbocycles. The van der Waals surface area contributed by atoms with Gasteiger partial charge in [0.15, 0.2) is 0 Å². The van der Waals surface area contributed by atoms with Gasteiger partial charge in [0.25, 0.3) is 0 Å². The average Bonchev–Trinajstić information content (AvgIpc) is 2.41. The molecule has 0 aromatic heterocycles. The summed E-state index contributed by atoms with van der Waals surface area (Å²) in [4.78, 5) is 0. The second-order valence-corrected chi connectivity index (χ2v) is 5.33. The van der Waals surface area contributed by atoms with Crippen LogP contribution in [0.3, 0.4) is 0 Å². The Balaban J connectivity index is 2.18. The van der Waals surface area contributed by atoms with Gasteiger partial charge in [-0.2, -0.15) is 0 Å². The van der Waals surface area contributed by atoms with E-state index in [9.17, 15) is 0 Å². The Bertz CT molecular complexity index is 508. The third-order valence-electron chi connectivity index (χ3n) is 3.11. The van der Waals surface area contributed by atoms with E-state index in [4.69, 9.17) is 0 Å². The Morgan fingerprint density at radius 2 is 1.83 bits per heavy atom. The van der Waals surface area contributed by atoms with Crippen LogP contribution in [-0.2, 0) is 0 Å². The second kappa shape index (κ2) is 6.05. The van der Waals surface area contributed by atoms with Crippen molar-refractivity contribution in [3.8, 4) is 0 Å². The van der Waals surface area contributed by atoms with Crippen LogP contribution in [0.1, 0.15) is 30.5 Å². The fraction of sp³-hybridized carbons (Fsp3) is 0.250. The number of nitrogens with one attached hydrogen (secondary N) is 1. The van der Waals surface area contributed by atoms with Gasteiger partial charge >= 0.3 is 0 Å². The maximum Gasteiger partial charge on any atom is 0.0511 e. The van der Waals surface area contributed by atoms with Crippen LogP contribution in [0, 0.1) is 6.92 Å². The van der Waals surface area contributed by atoms with E-state index in [0.717, 1.165) is 10.9 Å². The zero-order chi connectivity index (χ0) is 13.0. The molecule has 0 aliphatic heterocycles. The van der Waals surface area contributed by atoms with Crippen LogP contribution in [0.15, 0.2) is 53.0 Å². The van der Waals surface area contributed by atoms with Gasteiger partial charge in [-0.05, 0) is 42.7 Å². The van der Waals surface area contributed by atoms with Crippen molar-refractivity contribution in [3.05, 3.63) is 64.1 Å². The first-order valence-electron chi connectivity index (χ1n) is 6.28. The Kier molecular flexibility index (Phi) is 4.43. The molecule has 0 heterocycles. The van der Waals surface area contributed by atoms with Crippen LogP contribution in [0.25, 0.3) is 0 Å². The Labute approximate surface area is 117 Å². The number of hydrogen-bond acceptors (Lipinski definition) is 1. The van der Waals surface area contributed by atoms with E-state index in [-0.39, 0.29) is 0 Å². The lowest BCUT2D eigenvalue weighted by Crippen LogP contribution is -2.09. The number of benzene rings is 2. The standard InChI is InChI=1S/C16H18BrN/c1-3-16(13-7-5-4-6-8-13)18-14-9-10-15(17)12(2)11-14/h4-11,16,18H,3H2,1-2H3. The summed E-state index contributed by atoms with van der Waals surface area (Å²) in [5, 5.41) is 3.59. The molecule has 18 heavy (non-hydrogen) atoms. The van der Waals surface area contributed by atoms with Crippen LogP contribution in [-0.4, -0.2) is 0 Å². The molecule has 2 rings (SSSR count). The molecule has 1 unspecified atom stereocenters. The van der Waals surface area contributed by atoms with Crippen molar-refractivity contribution in [2.24, 2.45) is 0 Å². The number of aryl methyl sites for hydroxylation is 1. The highest BCUT2D eigenvalue weighted by Crippen LogP contribution is 2.25. The van der Waals surface area contributed by atoms with Crippen LogP contribution < -0.4 is 5.32 Å². The minimum atomic E-state index is 0.367. The molecule has 0 fully saturated rings. The van der Waals surface area contributed by atoms with Gasteiger partial charge in [0.1, 0.15) is 0 Å². The number of hydrogen-bond donors (Lipinski definition) is 1. The van der Waals surface area contributed by atoms with Crippen LogP contribution >= 0.6 is 15.9 Å². The van der Waals surface area contributed by atoms with Crippen molar-refractivity contribution < 1.29 is 0 Å². The minimum Gasteiger partial charge on any atom is -0.378 e. The van der Waals surface area contributed by atoms with Crippen LogP contribution in [0.2, 0.25) is 0 Å². The lowest BCUT2D eigenvalue weighted by Gasteiger charge is -2.19. The first kappa shape index (κ1) is 13.2. The molecule has 94 valence electrons. The molecule has 2 heteroatoms. The smallest absolute Gasteiger partial charge is 0.0511 e. The number of anilines is 1. The van der Waals surface area contributed by atoms with Crippen molar-refractivity contribution >= 4 is 21.6 Å². The fourth-order valence-corrected chi connectivity index (χ4v) is 2.29. The fourth-order valence-electron chi connectivity index (χ4n) is 2.04. The maximum absolute atomic E-state index is 3.59. The van der Waals surface area contributed by atoms with Gasteiger partial charge < -0.3 is 5.32 Å². The average molecular weight is 304 g/mol. The molecule has 0 saturated carbocycles. The molecule has 0 bridgehead atoms. The molecule has 0 saturated heterocycles. The molecule has 0 amide bonds. The van der Waals surface area contributed by atoms with Crippen molar-refractivity contribution in [2.45, 2.75) is 26.3 Å². The number of rotatable bonds is 4. The molecule has 0 spiro atoms. The molecule has 1 nitrogen and oxygen atoms in total. The molecule has 2 aromatic carbocycles. The van der Waals surface area contributed by atoms with Crippen LogP contribution in [0.4, 0.5) is 5.69 Å². The Morgan fingerprint density at radius 1 is 1.11 bits per heavy atom. The Hall–Kier alpha value is -1.28. The zero-order valence-electron chi connectivity index (χ0n) is 10.8. The molecule has 1 atom stereocenters. The van der Waals surface area contributed by atoms with Crippen molar-refractivity contribution in [1.82, 2.24) is 0 Å². The SMILES string of the molecule is CCC(Nc1ccc(Br)c(C)c1)c1ccccc1. The monoisotopic (exact) mass is 303 g/mol. The lowest BCUT2D eigenvalue weighted by molar-refractivity contribution is 0.749. The second-order valence-electron chi connectivity index (χ2n) is 4.48. The lowest BCUT2D eigenvalue weighted by atomic mass is 10.0. The summed E-state index contributed by atoms with van der Waals surface area (Å²) in [5.41, 5.74) is 3.76. The minimum absolute atomic E-state index is 0.367. The van der Waals surface area contributed by atoms with Gasteiger partial charge in [0.05, 0.1) is 6.04 Å². The van der Waals surface area contributed by atoms with E-state index >= 15 is 0 Å². The highest BCUT2D eigenvalue weighted by Gasteiger charge is 2.08. The van der Waals surface area contributed by atoms with E-state index < -0.39 is 0 Å². The third-order valence-corrected chi connectivity index (χ3v) is 4.00. The first-order chi connectivity index (χ1) is 8.70. The summed E-state index contributed by atoms with van der Waals surface area (Å²) in [5.74, 6) is 0.